The van der Waals surface area contributed by atoms with Gasteiger partial charge in [0.15, 0.2) is 0 Å². The first-order chi connectivity index (χ1) is 12.6. The molecule has 7 nitrogen and oxygen atoms in total. The topological polar surface area (TPSA) is 80.3 Å². The molecule has 2 aromatic rings. The first-order valence-electron chi connectivity index (χ1n) is 9.16. The Hall–Kier alpha value is -2.41. The molecule has 3 heterocycles. The SMILES string of the molecule is Cc1n[nH]c(C)c1C1COCCN1C(=O)c1ccnc(OC2CCC2)c1. The van der Waals surface area contributed by atoms with Gasteiger partial charge >= 0.3 is 0 Å². The van der Waals surface area contributed by atoms with Crippen molar-refractivity contribution in [2.24, 2.45) is 0 Å². The minimum absolute atomic E-state index is 0.0286. The van der Waals surface area contributed by atoms with Crippen molar-refractivity contribution in [1.82, 2.24) is 20.1 Å². The summed E-state index contributed by atoms with van der Waals surface area (Å²) in [7, 11) is 0. The van der Waals surface area contributed by atoms with Crippen molar-refractivity contribution >= 4 is 5.91 Å². The largest absolute Gasteiger partial charge is 0.474 e. The van der Waals surface area contributed by atoms with E-state index in [4.69, 9.17) is 9.47 Å². The summed E-state index contributed by atoms with van der Waals surface area (Å²) in [6.07, 6.45) is 5.20. The summed E-state index contributed by atoms with van der Waals surface area (Å²) in [6, 6.07) is 3.36. The first kappa shape index (κ1) is 17.0. The van der Waals surface area contributed by atoms with Crippen molar-refractivity contribution < 1.29 is 14.3 Å². The Morgan fingerprint density at radius 2 is 2.23 bits per heavy atom. The first-order valence-corrected chi connectivity index (χ1v) is 9.16. The van der Waals surface area contributed by atoms with Crippen LogP contribution in [0.1, 0.15) is 52.6 Å². The Morgan fingerprint density at radius 3 is 2.92 bits per heavy atom. The van der Waals surface area contributed by atoms with Crippen molar-refractivity contribution in [3.8, 4) is 5.88 Å². The van der Waals surface area contributed by atoms with Gasteiger partial charge in [0.25, 0.3) is 5.91 Å². The van der Waals surface area contributed by atoms with E-state index in [2.05, 4.69) is 15.2 Å². The summed E-state index contributed by atoms with van der Waals surface area (Å²) < 4.78 is 11.5. The van der Waals surface area contributed by atoms with E-state index < -0.39 is 0 Å². The molecule has 1 saturated heterocycles. The number of H-pyrrole nitrogens is 1. The number of aromatic amines is 1. The molecule has 2 aliphatic rings. The summed E-state index contributed by atoms with van der Waals surface area (Å²) in [5.41, 5.74) is 3.51. The maximum absolute atomic E-state index is 13.2. The predicted octanol–water partition coefficient (Wildman–Crippen LogP) is 2.57. The number of aromatic nitrogens is 3. The zero-order valence-electron chi connectivity index (χ0n) is 15.2. The Morgan fingerprint density at radius 1 is 1.38 bits per heavy atom. The van der Waals surface area contributed by atoms with Crippen LogP contribution in [-0.4, -0.2) is 51.9 Å². The second-order valence-electron chi connectivity index (χ2n) is 6.99. The highest BCUT2D eigenvalue weighted by molar-refractivity contribution is 5.94. The van der Waals surface area contributed by atoms with Crippen molar-refractivity contribution in [2.75, 3.05) is 19.8 Å². The van der Waals surface area contributed by atoms with Crippen LogP contribution >= 0.6 is 0 Å². The quantitative estimate of drug-likeness (QED) is 0.911. The minimum Gasteiger partial charge on any atom is -0.474 e. The fourth-order valence-corrected chi connectivity index (χ4v) is 3.57. The van der Waals surface area contributed by atoms with Crippen molar-refractivity contribution in [1.29, 1.82) is 0 Å². The zero-order valence-corrected chi connectivity index (χ0v) is 15.2. The van der Waals surface area contributed by atoms with Crippen LogP contribution in [0.3, 0.4) is 0 Å². The van der Waals surface area contributed by atoms with Crippen LogP contribution in [0.2, 0.25) is 0 Å². The number of aryl methyl sites for hydroxylation is 2. The average molecular weight is 356 g/mol. The summed E-state index contributed by atoms with van der Waals surface area (Å²) in [4.78, 5) is 19.3. The molecule has 0 radical (unpaired) electrons. The smallest absolute Gasteiger partial charge is 0.254 e. The monoisotopic (exact) mass is 356 g/mol. The summed E-state index contributed by atoms with van der Waals surface area (Å²) in [5, 5.41) is 7.28. The number of nitrogens with zero attached hydrogens (tertiary/aromatic N) is 3. The molecule has 0 bridgehead atoms. The molecule has 138 valence electrons. The molecule has 1 saturated carbocycles. The van der Waals surface area contributed by atoms with Crippen LogP contribution in [0, 0.1) is 13.8 Å². The van der Waals surface area contributed by atoms with E-state index in [0.29, 0.717) is 31.2 Å². The van der Waals surface area contributed by atoms with Crippen LogP contribution in [-0.2, 0) is 4.74 Å². The molecular formula is C19H24N4O3. The molecule has 1 amide bonds. The van der Waals surface area contributed by atoms with Crippen LogP contribution < -0.4 is 4.74 Å². The Bertz CT molecular complexity index is 780. The minimum atomic E-state index is -0.140. The van der Waals surface area contributed by atoms with Gasteiger partial charge < -0.3 is 14.4 Å². The Labute approximate surface area is 152 Å². The second kappa shape index (κ2) is 7.07. The van der Waals surface area contributed by atoms with Gasteiger partial charge in [-0.05, 0) is 39.2 Å². The molecule has 1 aliphatic carbocycles. The van der Waals surface area contributed by atoms with Gasteiger partial charge in [-0.2, -0.15) is 5.10 Å². The lowest BCUT2D eigenvalue weighted by atomic mass is 9.96. The number of nitrogens with one attached hydrogen (secondary N) is 1. The van der Waals surface area contributed by atoms with E-state index in [1.165, 1.54) is 6.42 Å². The number of morpholine rings is 1. The molecule has 0 aromatic carbocycles. The number of carbonyl (C=O) groups excluding carboxylic acids is 1. The molecule has 0 spiro atoms. The number of hydrogen-bond acceptors (Lipinski definition) is 5. The highest BCUT2D eigenvalue weighted by Gasteiger charge is 2.32. The van der Waals surface area contributed by atoms with E-state index in [9.17, 15) is 4.79 Å². The van der Waals surface area contributed by atoms with Crippen LogP contribution in [0.15, 0.2) is 18.3 Å². The number of rotatable bonds is 4. The summed E-state index contributed by atoms with van der Waals surface area (Å²) in [5.74, 6) is 0.500. The van der Waals surface area contributed by atoms with Crippen molar-refractivity contribution in [3.05, 3.63) is 40.8 Å². The third-order valence-electron chi connectivity index (χ3n) is 5.23. The molecule has 1 unspecified atom stereocenters. The van der Waals surface area contributed by atoms with Gasteiger partial charge in [0.2, 0.25) is 5.88 Å². The van der Waals surface area contributed by atoms with Crippen molar-refractivity contribution in [3.63, 3.8) is 0 Å². The Balaban J connectivity index is 1.58. The lowest BCUT2D eigenvalue weighted by Gasteiger charge is -2.36. The van der Waals surface area contributed by atoms with Gasteiger partial charge in [-0.3, -0.25) is 9.89 Å². The van der Waals surface area contributed by atoms with Gasteiger partial charge in [-0.25, -0.2) is 4.98 Å². The number of ether oxygens (including phenoxy) is 2. The van der Waals surface area contributed by atoms with Crippen LogP contribution in [0.4, 0.5) is 0 Å². The molecule has 1 atom stereocenters. The zero-order chi connectivity index (χ0) is 18.1. The number of amides is 1. The van der Waals surface area contributed by atoms with Gasteiger partial charge in [0, 0.05) is 35.6 Å². The fourth-order valence-electron chi connectivity index (χ4n) is 3.57. The van der Waals surface area contributed by atoms with E-state index in [-0.39, 0.29) is 18.1 Å². The summed E-state index contributed by atoms with van der Waals surface area (Å²) >= 11 is 0. The number of pyridine rings is 1. The molecule has 2 aromatic heterocycles. The third kappa shape index (κ3) is 3.19. The average Bonchev–Trinajstić information content (AvgIpc) is 2.96. The maximum atomic E-state index is 13.2. The molecule has 1 N–H and O–H groups in total. The fraction of sp³-hybridized carbons (Fsp3) is 0.526. The van der Waals surface area contributed by atoms with E-state index >= 15 is 0 Å². The molecular weight excluding hydrogens is 332 g/mol. The maximum Gasteiger partial charge on any atom is 0.254 e. The predicted molar refractivity (Wildman–Crippen MR) is 95.2 cm³/mol. The van der Waals surface area contributed by atoms with Gasteiger partial charge in [-0.1, -0.05) is 0 Å². The van der Waals surface area contributed by atoms with Crippen LogP contribution in [0.25, 0.3) is 0 Å². The molecule has 1 aliphatic heterocycles. The highest BCUT2D eigenvalue weighted by Crippen LogP contribution is 2.30. The molecule has 26 heavy (non-hydrogen) atoms. The van der Waals surface area contributed by atoms with E-state index in [1.807, 2.05) is 18.7 Å². The lowest BCUT2D eigenvalue weighted by molar-refractivity contribution is -0.00306. The molecule has 2 fully saturated rings. The summed E-state index contributed by atoms with van der Waals surface area (Å²) in [6.45, 7) is 5.49. The Kier molecular flexibility index (Phi) is 4.63. The van der Waals surface area contributed by atoms with Gasteiger partial charge in [-0.15, -0.1) is 0 Å². The standard InChI is InChI=1S/C19H24N4O3/c1-12-18(13(2)22-21-12)16-11-25-9-8-23(16)19(24)14-6-7-20-17(10-14)26-15-4-3-5-15/h6-7,10,15-16H,3-5,8-9,11H2,1-2H3,(H,21,22). The third-order valence-corrected chi connectivity index (χ3v) is 5.23. The van der Waals surface area contributed by atoms with Crippen LogP contribution in [0.5, 0.6) is 5.88 Å². The number of carbonyl (C=O) groups is 1. The van der Waals surface area contributed by atoms with E-state index in [0.717, 1.165) is 29.8 Å². The van der Waals surface area contributed by atoms with Gasteiger partial charge in [0.1, 0.15) is 6.10 Å². The second-order valence-corrected chi connectivity index (χ2v) is 6.99. The number of hydrogen-bond donors (Lipinski definition) is 1. The molecule has 4 rings (SSSR count). The van der Waals surface area contributed by atoms with E-state index in [1.54, 1.807) is 18.3 Å². The normalized spacial score (nSPS) is 20.7. The highest BCUT2D eigenvalue weighted by atomic mass is 16.5. The van der Waals surface area contributed by atoms with Gasteiger partial charge in [0.05, 0.1) is 24.9 Å². The molecule has 7 heteroatoms. The lowest BCUT2D eigenvalue weighted by Crippen LogP contribution is -2.43. The van der Waals surface area contributed by atoms with Crippen molar-refractivity contribution in [2.45, 2.75) is 45.3 Å².